The van der Waals surface area contributed by atoms with E-state index in [9.17, 15) is 23.2 Å². The lowest BCUT2D eigenvalue weighted by Gasteiger charge is -2.31. The average molecular weight is 527 g/mol. The van der Waals surface area contributed by atoms with Gasteiger partial charge in [0.2, 0.25) is 5.91 Å². The van der Waals surface area contributed by atoms with Crippen LogP contribution >= 0.6 is 22.9 Å². The predicted octanol–water partition coefficient (Wildman–Crippen LogP) is 3.23. The second-order valence-electron chi connectivity index (χ2n) is 8.28. The highest BCUT2D eigenvalue weighted by Crippen LogP contribution is 2.30. The fourth-order valence-corrected chi connectivity index (χ4v) is 4.87. The largest absolute Gasteiger partial charge is 0.370 e. The second kappa shape index (κ2) is 11.4. The van der Waals surface area contributed by atoms with Gasteiger partial charge in [0, 0.05) is 30.5 Å². The molecule has 1 aromatic heterocycles. The number of alkyl halides is 2. The minimum Gasteiger partial charge on any atom is -0.370 e. The van der Waals surface area contributed by atoms with E-state index in [-0.39, 0.29) is 25.1 Å². The number of anilines is 2. The summed E-state index contributed by atoms with van der Waals surface area (Å²) in [5.74, 6) is -1.08. The Balaban J connectivity index is 1.46. The van der Waals surface area contributed by atoms with Crippen molar-refractivity contribution in [2.75, 3.05) is 43.1 Å². The average Bonchev–Trinajstić information content (AvgIpc) is 3.58. The monoisotopic (exact) mass is 526 g/mol. The Morgan fingerprint density at radius 2 is 1.94 bits per heavy atom. The van der Waals surface area contributed by atoms with Gasteiger partial charge in [-0.3, -0.25) is 19.3 Å². The maximum atomic E-state index is 13.3. The van der Waals surface area contributed by atoms with Crippen molar-refractivity contribution in [1.29, 1.82) is 0 Å². The molecule has 0 unspecified atom stereocenters. The molecule has 2 heterocycles. The van der Waals surface area contributed by atoms with Crippen LogP contribution in [0.4, 0.5) is 20.2 Å². The molecule has 1 aliphatic carbocycles. The van der Waals surface area contributed by atoms with Crippen LogP contribution in [0, 0.1) is 0 Å². The summed E-state index contributed by atoms with van der Waals surface area (Å²) in [7, 11) is 0. The van der Waals surface area contributed by atoms with Gasteiger partial charge in [-0.25, -0.2) is 8.78 Å². The van der Waals surface area contributed by atoms with E-state index < -0.39 is 30.8 Å². The number of carbonyl (C=O) groups is 3. The number of hydrogen-bond acceptors (Lipinski definition) is 6. The summed E-state index contributed by atoms with van der Waals surface area (Å²) in [6, 6.07) is 8.73. The van der Waals surface area contributed by atoms with E-state index in [0.717, 1.165) is 11.3 Å². The van der Waals surface area contributed by atoms with E-state index >= 15 is 0 Å². The van der Waals surface area contributed by atoms with Crippen LogP contribution < -0.4 is 15.5 Å². The van der Waals surface area contributed by atoms with E-state index in [4.69, 9.17) is 16.3 Å². The predicted molar refractivity (Wildman–Crippen MR) is 129 cm³/mol. The van der Waals surface area contributed by atoms with Gasteiger partial charge >= 0.3 is 0 Å². The second-order valence-corrected chi connectivity index (χ2v) is 10.00. The summed E-state index contributed by atoms with van der Waals surface area (Å²) in [6.45, 7) is 0.193. The number of morpholine rings is 1. The lowest BCUT2D eigenvalue weighted by atomic mass is 10.2. The number of amides is 3. The van der Waals surface area contributed by atoms with Crippen molar-refractivity contribution in [1.82, 2.24) is 10.2 Å². The third kappa shape index (κ3) is 6.75. The molecule has 2 aromatic rings. The summed E-state index contributed by atoms with van der Waals surface area (Å²) in [4.78, 5) is 41.2. The van der Waals surface area contributed by atoms with Crippen molar-refractivity contribution in [3.05, 3.63) is 45.6 Å². The topological polar surface area (TPSA) is 91.0 Å². The Hall–Kier alpha value is -2.60. The Bertz CT molecular complexity index is 1060. The van der Waals surface area contributed by atoms with Gasteiger partial charge in [-0.15, -0.1) is 11.3 Å². The third-order valence-corrected chi connectivity index (χ3v) is 6.98. The molecule has 8 nitrogen and oxygen atoms in total. The molecule has 2 aliphatic rings. The zero-order valence-electron chi connectivity index (χ0n) is 18.7. The fraction of sp³-hybridized carbons (Fsp3) is 0.435. The van der Waals surface area contributed by atoms with Crippen molar-refractivity contribution in [3.8, 4) is 0 Å². The number of nitrogens with zero attached hydrogens (tertiary/aromatic N) is 2. The van der Waals surface area contributed by atoms with E-state index in [2.05, 4.69) is 10.6 Å². The molecule has 0 radical (unpaired) electrons. The standard InChI is InChI=1S/C23H25ClF2N4O4S/c24-19-8-7-18(35-19)23(33)27-11-17(30(12-20(25)26)16-5-6-16)22(32)28-14-1-3-15(4-2-14)29-9-10-34-13-21(29)31/h1-4,7-8,16-17,20H,5-6,9-13H2,(H,27,33)(H,28,32)/t17-/m1/s1. The fourth-order valence-electron chi connectivity index (χ4n) is 3.91. The summed E-state index contributed by atoms with van der Waals surface area (Å²) >= 11 is 6.98. The van der Waals surface area contributed by atoms with Gasteiger partial charge in [0.1, 0.15) is 12.6 Å². The highest BCUT2D eigenvalue weighted by atomic mass is 35.5. The van der Waals surface area contributed by atoms with Crippen molar-refractivity contribution in [3.63, 3.8) is 0 Å². The lowest BCUT2D eigenvalue weighted by Crippen LogP contribution is -2.53. The van der Waals surface area contributed by atoms with Crippen LogP contribution in [0.2, 0.25) is 4.34 Å². The van der Waals surface area contributed by atoms with Crippen LogP contribution in [0.25, 0.3) is 0 Å². The number of thiophene rings is 1. The Kier molecular flexibility index (Phi) is 8.32. The summed E-state index contributed by atoms with van der Waals surface area (Å²) in [5.41, 5.74) is 1.13. The smallest absolute Gasteiger partial charge is 0.261 e. The van der Waals surface area contributed by atoms with Crippen LogP contribution in [0.15, 0.2) is 36.4 Å². The Labute approximate surface area is 210 Å². The molecule has 0 spiro atoms. The minimum atomic E-state index is -2.62. The van der Waals surface area contributed by atoms with Crippen molar-refractivity contribution in [2.45, 2.75) is 31.4 Å². The molecule has 2 fully saturated rings. The summed E-state index contributed by atoms with van der Waals surface area (Å²) < 4.78 is 32.2. The number of ether oxygens (including phenoxy) is 1. The lowest BCUT2D eigenvalue weighted by molar-refractivity contribution is -0.125. The highest BCUT2D eigenvalue weighted by Gasteiger charge is 2.39. The normalized spacial score (nSPS) is 17.1. The first-order chi connectivity index (χ1) is 16.8. The van der Waals surface area contributed by atoms with Gasteiger partial charge in [-0.1, -0.05) is 11.6 Å². The number of halogens is 3. The van der Waals surface area contributed by atoms with Gasteiger partial charge in [0.15, 0.2) is 0 Å². The molecule has 12 heteroatoms. The molecule has 3 amide bonds. The Morgan fingerprint density at radius 1 is 1.20 bits per heavy atom. The number of rotatable bonds is 10. The minimum absolute atomic E-state index is 0.0186. The van der Waals surface area contributed by atoms with Crippen molar-refractivity contribution in [2.24, 2.45) is 0 Å². The summed E-state index contributed by atoms with van der Waals surface area (Å²) in [5, 5.41) is 5.45. The molecule has 2 N–H and O–H groups in total. The first-order valence-corrected chi connectivity index (χ1v) is 12.4. The molecular weight excluding hydrogens is 502 g/mol. The first kappa shape index (κ1) is 25.5. The third-order valence-electron chi connectivity index (χ3n) is 5.75. The van der Waals surface area contributed by atoms with Gasteiger partial charge in [0.05, 0.1) is 22.4 Å². The maximum Gasteiger partial charge on any atom is 0.261 e. The van der Waals surface area contributed by atoms with Gasteiger partial charge in [-0.2, -0.15) is 0 Å². The van der Waals surface area contributed by atoms with Crippen LogP contribution in [-0.4, -0.2) is 74.0 Å². The van der Waals surface area contributed by atoms with E-state index in [1.54, 1.807) is 41.3 Å². The van der Waals surface area contributed by atoms with Crippen LogP contribution in [0.1, 0.15) is 22.5 Å². The molecule has 4 rings (SSSR count). The van der Waals surface area contributed by atoms with Gasteiger partial charge in [0.25, 0.3) is 18.2 Å². The SMILES string of the molecule is O=C(NC[C@H](C(=O)Nc1ccc(N2CCOCC2=O)cc1)N(CC(F)F)C1CC1)c1ccc(Cl)s1. The maximum absolute atomic E-state index is 13.3. The van der Waals surface area contributed by atoms with Gasteiger partial charge < -0.3 is 20.3 Å². The molecule has 1 saturated heterocycles. The van der Waals surface area contributed by atoms with Crippen LogP contribution in [-0.2, 0) is 14.3 Å². The molecule has 1 aromatic carbocycles. The number of hydrogen-bond donors (Lipinski definition) is 2. The molecular formula is C23H25ClF2N4O4S. The van der Waals surface area contributed by atoms with Crippen LogP contribution in [0.3, 0.4) is 0 Å². The van der Waals surface area contributed by atoms with E-state index in [0.29, 0.717) is 46.6 Å². The van der Waals surface area contributed by atoms with Crippen molar-refractivity contribution < 1.29 is 27.9 Å². The zero-order valence-corrected chi connectivity index (χ0v) is 20.3. The van der Waals surface area contributed by atoms with Crippen LogP contribution in [0.5, 0.6) is 0 Å². The number of nitrogens with one attached hydrogen (secondary N) is 2. The summed E-state index contributed by atoms with van der Waals surface area (Å²) in [6.07, 6.45) is -1.19. The van der Waals surface area contributed by atoms with Gasteiger partial charge in [-0.05, 0) is 49.2 Å². The highest BCUT2D eigenvalue weighted by molar-refractivity contribution is 7.18. The van der Waals surface area contributed by atoms with E-state index in [1.807, 2.05) is 0 Å². The molecule has 188 valence electrons. The number of benzene rings is 1. The molecule has 1 saturated carbocycles. The first-order valence-electron chi connectivity index (χ1n) is 11.2. The Morgan fingerprint density at radius 3 is 2.54 bits per heavy atom. The molecule has 35 heavy (non-hydrogen) atoms. The quantitative estimate of drug-likeness (QED) is 0.496. The zero-order chi connectivity index (χ0) is 24.9. The van der Waals surface area contributed by atoms with Crippen molar-refractivity contribution >= 4 is 52.0 Å². The van der Waals surface area contributed by atoms with E-state index in [1.165, 1.54) is 4.90 Å². The molecule has 1 aliphatic heterocycles. The molecule has 1 atom stereocenters. The molecule has 0 bridgehead atoms. The number of carbonyl (C=O) groups excluding carboxylic acids is 3.